The van der Waals surface area contributed by atoms with Crippen molar-refractivity contribution < 1.29 is 9.59 Å². The third-order valence-corrected chi connectivity index (χ3v) is 3.50. The second-order valence-electron chi connectivity index (χ2n) is 5.71. The predicted molar refractivity (Wildman–Crippen MR) is 91.0 cm³/mol. The highest BCUT2D eigenvalue weighted by Crippen LogP contribution is 2.23. The Balaban J connectivity index is 2.10. The van der Waals surface area contributed by atoms with Gasteiger partial charge < -0.3 is 10.6 Å². The second-order valence-corrected chi connectivity index (χ2v) is 5.71. The largest absolute Gasteiger partial charge is 0.347 e. The van der Waals surface area contributed by atoms with E-state index in [1.165, 1.54) is 0 Å². The molecule has 4 nitrogen and oxygen atoms in total. The highest BCUT2D eigenvalue weighted by atomic mass is 16.2. The van der Waals surface area contributed by atoms with Gasteiger partial charge in [0.15, 0.2) is 0 Å². The molecule has 2 rings (SSSR count). The van der Waals surface area contributed by atoms with E-state index in [-0.39, 0.29) is 12.0 Å². The van der Waals surface area contributed by atoms with Crippen molar-refractivity contribution in [3.05, 3.63) is 71.8 Å². The molecule has 2 amide bonds. The van der Waals surface area contributed by atoms with E-state index in [9.17, 15) is 9.59 Å². The van der Waals surface area contributed by atoms with Crippen molar-refractivity contribution >= 4 is 11.8 Å². The van der Waals surface area contributed by atoms with Crippen molar-refractivity contribution in [2.75, 3.05) is 6.54 Å². The van der Waals surface area contributed by atoms with Crippen molar-refractivity contribution in [1.29, 1.82) is 0 Å². The lowest BCUT2D eigenvalue weighted by molar-refractivity contribution is -0.139. The van der Waals surface area contributed by atoms with Crippen molar-refractivity contribution in [2.45, 2.75) is 25.8 Å². The minimum atomic E-state index is -0.601. The van der Waals surface area contributed by atoms with Gasteiger partial charge in [-0.05, 0) is 25.0 Å². The lowest BCUT2D eigenvalue weighted by Gasteiger charge is -2.19. The third-order valence-electron chi connectivity index (χ3n) is 3.50. The molecule has 0 unspecified atom stereocenters. The Hall–Kier alpha value is -2.62. The SMILES string of the molecule is CC(C)NC(=O)C(=O)NCC(c1ccccc1)c1ccccc1. The molecule has 0 saturated heterocycles. The zero-order valence-electron chi connectivity index (χ0n) is 13.5. The van der Waals surface area contributed by atoms with E-state index in [4.69, 9.17) is 0 Å². The Morgan fingerprint density at radius 3 is 1.74 bits per heavy atom. The molecule has 23 heavy (non-hydrogen) atoms. The molecule has 2 N–H and O–H groups in total. The molecular weight excluding hydrogens is 288 g/mol. The molecule has 0 aliphatic carbocycles. The molecule has 0 fully saturated rings. The lowest BCUT2D eigenvalue weighted by atomic mass is 9.91. The van der Waals surface area contributed by atoms with Crippen LogP contribution >= 0.6 is 0 Å². The summed E-state index contributed by atoms with van der Waals surface area (Å²) in [6, 6.07) is 19.8. The first kappa shape index (κ1) is 16.7. The Morgan fingerprint density at radius 1 is 0.826 bits per heavy atom. The van der Waals surface area contributed by atoms with E-state index >= 15 is 0 Å². The number of hydrogen-bond acceptors (Lipinski definition) is 2. The smallest absolute Gasteiger partial charge is 0.309 e. The van der Waals surface area contributed by atoms with E-state index in [0.29, 0.717) is 6.54 Å². The monoisotopic (exact) mass is 310 g/mol. The van der Waals surface area contributed by atoms with Gasteiger partial charge in [-0.15, -0.1) is 0 Å². The maximum absolute atomic E-state index is 11.9. The van der Waals surface area contributed by atoms with Crippen LogP contribution in [-0.4, -0.2) is 24.4 Å². The van der Waals surface area contributed by atoms with Gasteiger partial charge in [0.2, 0.25) is 0 Å². The van der Waals surface area contributed by atoms with Gasteiger partial charge in [0.1, 0.15) is 0 Å². The lowest BCUT2D eigenvalue weighted by Crippen LogP contribution is -2.43. The first-order valence-electron chi connectivity index (χ1n) is 7.76. The van der Waals surface area contributed by atoms with Crippen LogP contribution in [-0.2, 0) is 9.59 Å². The molecule has 0 aliphatic heterocycles. The molecule has 2 aromatic rings. The van der Waals surface area contributed by atoms with Gasteiger partial charge in [-0.25, -0.2) is 0 Å². The van der Waals surface area contributed by atoms with Crippen LogP contribution < -0.4 is 10.6 Å². The molecule has 0 aromatic heterocycles. The molecule has 4 heteroatoms. The van der Waals surface area contributed by atoms with Crippen LogP contribution in [0.1, 0.15) is 30.9 Å². The summed E-state index contributed by atoms with van der Waals surface area (Å²) < 4.78 is 0. The molecule has 0 spiro atoms. The Morgan fingerprint density at radius 2 is 1.30 bits per heavy atom. The molecular formula is C19H22N2O2. The fourth-order valence-corrected chi connectivity index (χ4v) is 2.40. The van der Waals surface area contributed by atoms with E-state index in [1.54, 1.807) is 0 Å². The molecule has 120 valence electrons. The van der Waals surface area contributed by atoms with Crippen LogP contribution in [0, 0.1) is 0 Å². The summed E-state index contributed by atoms with van der Waals surface area (Å²) in [7, 11) is 0. The Labute approximate surface area is 136 Å². The number of nitrogens with one attached hydrogen (secondary N) is 2. The zero-order chi connectivity index (χ0) is 16.7. The number of carbonyl (C=O) groups is 2. The highest BCUT2D eigenvalue weighted by Gasteiger charge is 2.18. The Bertz CT molecular complexity index is 599. The minimum absolute atomic E-state index is 0.00759. The summed E-state index contributed by atoms with van der Waals surface area (Å²) in [6.07, 6.45) is 0. The zero-order valence-corrected chi connectivity index (χ0v) is 13.5. The summed E-state index contributed by atoms with van der Waals surface area (Å²) in [5, 5.41) is 5.33. The van der Waals surface area contributed by atoms with Gasteiger partial charge in [-0.1, -0.05) is 60.7 Å². The van der Waals surface area contributed by atoms with Crippen molar-refractivity contribution in [2.24, 2.45) is 0 Å². The van der Waals surface area contributed by atoms with E-state index in [0.717, 1.165) is 11.1 Å². The van der Waals surface area contributed by atoms with E-state index in [1.807, 2.05) is 74.5 Å². The molecule has 0 radical (unpaired) electrons. The van der Waals surface area contributed by atoms with Crippen LogP contribution in [0.15, 0.2) is 60.7 Å². The standard InChI is InChI=1S/C19H22N2O2/c1-14(2)21-19(23)18(22)20-13-17(15-9-5-3-6-10-15)16-11-7-4-8-12-16/h3-12,14,17H,13H2,1-2H3,(H,20,22)(H,21,23). The van der Waals surface area contributed by atoms with Crippen molar-refractivity contribution in [1.82, 2.24) is 10.6 Å². The van der Waals surface area contributed by atoms with Crippen LogP contribution in [0.3, 0.4) is 0 Å². The van der Waals surface area contributed by atoms with Gasteiger partial charge in [-0.3, -0.25) is 9.59 Å². The van der Waals surface area contributed by atoms with E-state index < -0.39 is 11.8 Å². The Kier molecular flexibility index (Phi) is 5.92. The molecule has 0 saturated carbocycles. The summed E-state index contributed by atoms with van der Waals surface area (Å²) >= 11 is 0. The number of hydrogen-bond donors (Lipinski definition) is 2. The molecule has 0 bridgehead atoms. The maximum Gasteiger partial charge on any atom is 0.309 e. The average Bonchev–Trinajstić information content (AvgIpc) is 2.56. The molecule has 0 atom stereocenters. The number of carbonyl (C=O) groups excluding carboxylic acids is 2. The molecule has 0 heterocycles. The van der Waals surface area contributed by atoms with E-state index in [2.05, 4.69) is 10.6 Å². The van der Waals surface area contributed by atoms with Crippen molar-refractivity contribution in [3.8, 4) is 0 Å². The van der Waals surface area contributed by atoms with Gasteiger partial charge in [-0.2, -0.15) is 0 Å². The van der Waals surface area contributed by atoms with Gasteiger partial charge in [0.05, 0.1) is 0 Å². The van der Waals surface area contributed by atoms with Gasteiger partial charge in [0.25, 0.3) is 0 Å². The minimum Gasteiger partial charge on any atom is -0.347 e. The molecule has 0 aliphatic rings. The highest BCUT2D eigenvalue weighted by molar-refractivity contribution is 6.35. The van der Waals surface area contributed by atoms with Crippen LogP contribution in [0.2, 0.25) is 0 Å². The third kappa shape index (κ3) is 4.95. The van der Waals surface area contributed by atoms with Gasteiger partial charge >= 0.3 is 11.8 Å². The second kappa shape index (κ2) is 8.13. The summed E-state index contributed by atoms with van der Waals surface area (Å²) in [4.78, 5) is 23.6. The summed E-state index contributed by atoms with van der Waals surface area (Å²) in [5.41, 5.74) is 2.20. The average molecular weight is 310 g/mol. The normalized spacial score (nSPS) is 10.6. The van der Waals surface area contributed by atoms with Crippen molar-refractivity contribution in [3.63, 3.8) is 0 Å². The first-order chi connectivity index (χ1) is 11.1. The fraction of sp³-hybridized carbons (Fsp3) is 0.263. The predicted octanol–water partition coefficient (Wildman–Crippen LogP) is 2.46. The fourth-order valence-electron chi connectivity index (χ4n) is 2.40. The number of rotatable bonds is 5. The van der Waals surface area contributed by atoms with Crippen LogP contribution in [0.4, 0.5) is 0 Å². The number of benzene rings is 2. The van der Waals surface area contributed by atoms with Crippen LogP contribution in [0.25, 0.3) is 0 Å². The van der Waals surface area contributed by atoms with Gasteiger partial charge in [0, 0.05) is 18.5 Å². The number of amides is 2. The van der Waals surface area contributed by atoms with Crippen LogP contribution in [0.5, 0.6) is 0 Å². The summed E-state index contributed by atoms with van der Waals surface area (Å²) in [5.74, 6) is -1.19. The summed E-state index contributed by atoms with van der Waals surface area (Å²) in [6.45, 7) is 4.02. The first-order valence-corrected chi connectivity index (χ1v) is 7.76. The topological polar surface area (TPSA) is 58.2 Å². The maximum atomic E-state index is 11.9. The quantitative estimate of drug-likeness (QED) is 0.834. The molecule has 2 aromatic carbocycles.